The number of nitrogens with zero attached hydrogens (tertiary/aromatic N) is 2. The first-order valence-corrected chi connectivity index (χ1v) is 9.63. The Bertz CT molecular complexity index is 1090. The van der Waals surface area contributed by atoms with E-state index < -0.39 is 0 Å². The zero-order valence-electron chi connectivity index (χ0n) is 15.8. The van der Waals surface area contributed by atoms with Crippen molar-refractivity contribution in [3.05, 3.63) is 64.4 Å². The van der Waals surface area contributed by atoms with Crippen molar-refractivity contribution in [1.82, 2.24) is 9.97 Å². The van der Waals surface area contributed by atoms with Gasteiger partial charge in [0, 0.05) is 4.47 Å². The summed E-state index contributed by atoms with van der Waals surface area (Å²) in [5.41, 5.74) is 4.08. The van der Waals surface area contributed by atoms with E-state index in [1.54, 1.807) is 12.2 Å². The molecule has 0 fully saturated rings. The molecule has 28 heavy (non-hydrogen) atoms. The molecule has 0 saturated heterocycles. The van der Waals surface area contributed by atoms with Crippen LogP contribution in [-0.2, 0) is 0 Å². The predicted octanol–water partition coefficient (Wildman–Crippen LogP) is 5.66. The van der Waals surface area contributed by atoms with Gasteiger partial charge in [0.25, 0.3) is 0 Å². The van der Waals surface area contributed by atoms with Gasteiger partial charge in [0.05, 0.1) is 23.2 Å². The van der Waals surface area contributed by atoms with E-state index in [9.17, 15) is 5.26 Å². The predicted molar refractivity (Wildman–Crippen MR) is 115 cm³/mol. The van der Waals surface area contributed by atoms with Gasteiger partial charge < -0.3 is 14.5 Å². The molecule has 0 spiro atoms. The zero-order valence-corrected chi connectivity index (χ0v) is 17.3. The van der Waals surface area contributed by atoms with Crippen molar-refractivity contribution in [3.63, 3.8) is 0 Å². The fourth-order valence-electron chi connectivity index (χ4n) is 2.75. The van der Waals surface area contributed by atoms with E-state index >= 15 is 0 Å². The summed E-state index contributed by atoms with van der Waals surface area (Å²) >= 11 is 3.55. The molecule has 0 bridgehead atoms. The fourth-order valence-corrected chi connectivity index (χ4v) is 3.19. The highest BCUT2D eigenvalue weighted by Gasteiger charge is 2.13. The number of aryl methyl sites for hydroxylation is 1. The molecule has 0 unspecified atom stereocenters. The summed E-state index contributed by atoms with van der Waals surface area (Å²) in [7, 11) is 0. The maximum absolute atomic E-state index is 9.69. The maximum Gasteiger partial charge on any atom is 0.162 e. The summed E-state index contributed by atoms with van der Waals surface area (Å²) in [4.78, 5) is 7.76. The van der Waals surface area contributed by atoms with Gasteiger partial charge in [-0.05, 0) is 55.3 Å². The molecule has 2 aromatic carbocycles. The lowest BCUT2D eigenvalue weighted by atomic mass is 10.1. The third kappa shape index (κ3) is 4.26. The van der Waals surface area contributed by atoms with E-state index in [1.165, 1.54) is 0 Å². The monoisotopic (exact) mass is 437 g/mol. The fraction of sp³-hybridized carbons (Fsp3) is 0.182. The zero-order chi connectivity index (χ0) is 20.1. The van der Waals surface area contributed by atoms with Crippen LogP contribution in [0, 0.1) is 18.3 Å². The molecule has 0 saturated carbocycles. The second-order valence-electron chi connectivity index (χ2n) is 6.13. The van der Waals surface area contributed by atoms with Gasteiger partial charge in [-0.25, -0.2) is 4.98 Å². The number of aromatic nitrogens is 2. The van der Waals surface area contributed by atoms with Crippen LogP contribution in [0.2, 0.25) is 0 Å². The average Bonchev–Trinajstić information content (AvgIpc) is 3.09. The summed E-state index contributed by atoms with van der Waals surface area (Å²) in [6.07, 6.45) is 3.45. The third-order valence-corrected chi connectivity index (χ3v) is 4.72. The normalized spacial score (nSPS) is 11.3. The summed E-state index contributed by atoms with van der Waals surface area (Å²) in [5, 5.41) is 9.69. The number of aromatic amines is 1. The number of nitrogens with one attached hydrogen (secondary N) is 1. The molecule has 0 amide bonds. The van der Waals surface area contributed by atoms with Crippen LogP contribution in [0.3, 0.4) is 0 Å². The van der Waals surface area contributed by atoms with Crippen molar-refractivity contribution in [1.29, 1.82) is 5.26 Å². The average molecular weight is 438 g/mol. The van der Waals surface area contributed by atoms with Crippen LogP contribution in [0.5, 0.6) is 11.5 Å². The highest BCUT2D eigenvalue weighted by molar-refractivity contribution is 9.10. The highest BCUT2D eigenvalue weighted by Crippen LogP contribution is 2.35. The van der Waals surface area contributed by atoms with Crippen molar-refractivity contribution in [2.24, 2.45) is 0 Å². The minimum atomic E-state index is 0.379. The van der Waals surface area contributed by atoms with Crippen molar-refractivity contribution in [3.8, 4) is 17.6 Å². The standard InChI is InChI=1S/C22H20BrN3O2/c1-4-8-28-21-12-17(23)15(11-20(21)27-5-2)10-16(13-24)22-25-18-7-6-14(3)9-19(18)26-22/h4,6-7,9-12H,1,5,8H2,2-3H3,(H,25,26). The van der Waals surface area contributed by atoms with Gasteiger partial charge in [-0.15, -0.1) is 0 Å². The van der Waals surface area contributed by atoms with E-state index in [-0.39, 0.29) is 0 Å². The van der Waals surface area contributed by atoms with E-state index in [0.717, 1.165) is 26.6 Å². The Morgan fingerprint density at radius 1 is 1.29 bits per heavy atom. The second-order valence-corrected chi connectivity index (χ2v) is 6.98. The smallest absolute Gasteiger partial charge is 0.162 e. The van der Waals surface area contributed by atoms with Gasteiger partial charge in [0.1, 0.15) is 18.5 Å². The lowest BCUT2D eigenvalue weighted by molar-refractivity contribution is 0.296. The van der Waals surface area contributed by atoms with Gasteiger partial charge in [0.15, 0.2) is 11.5 Å². The number of allylic oxidation sites excluding steroid dienone is 1. The number of benzene rings is 2. The van der Waals surface area contributed by atoms with Crippen LogP contribution in [0.15, 0.2) is 47.5 Å². The number of rotatable bonds is 7. The number of halogens is 1. The molecule has 1 heterocycles. The maximum atomic E-state index is 9.69. The number of nitriles is 1. The van der Waals surface area contributed by atoms with Gasteiger partial charge in [-0.3, -0.25) is 0 Å². The number of H-pyrrole nitrogens is 1. The van der Waals surface area contributed by atoms with Crippen LogP contribution in [0.1, 0.15) is 23.9 Å². The van der Waals surface area contributed by atoms with E-state index in [0.29, 0.717) is 36.1 Å². The molecule has 6 heteroatoms. The van der Waals surface area contributed by atoms with Gasteiger partial charge in [0.2, 0.25) is 0 Å². The Morgan fingerprint density at radius 2 is 2.07 bits per heavy atom. The van der Waals surface area contributed by atoms with Gasteiger partial charge >= 0.3 is 0 Å². The summed E-state index contributed by atoms with van der Waals surface area (Å²) in [5.74, 6) is 1.75. The highest BCUT2D eigenvalue weighted by atomic mass is 79.9. The molecule has 0 radical (unpaired) electrons. The molecule has 142 valence electrons. The lowest BCUT2D eigenvalue weighted by Crippen LogP contribution is -1.99. The minimum absolute atomic E-state index is 0.379. The summed E-state index contributed by atoms with van der Waals surface area (Å²) in [6, 6.07) is 11.8. The number of hydrogen-bond donors (Lipinski definition) is 1. The van der Waals surface area contributed by atoms with Crippen LogP contribution >= 0.6 is 15.9 Å². The first kappa shape index (κ1) is 19.7. The Labute approximate surface area is 172 Å². The van der Waals surface area contributed by atoms with Crippen LogP contribution < -0.4 is 9.47 Å². The molecule has 0 atom stereocenters. The molecule has 1 aromatic heterocycles. The Balaban J connectivity index is 2.04. The van der Waals surface area contributed by atoms with Crippen molar-refractivity contribution in [2.75, 3.05) is 13.2 Å². The van der Waals surface area contributed by atoms with Crippen molar-refractivity contribution < 1.29 is 9.47 Å². The molecular formula is C22H20BrN3O2. The molecule has 0 aliphatic rings. The van der Waals surface area contributed by atoms with Crippen LogP contribution in [0.25, 0.3) is 22.7 Å². The van der Waals surface area contributed by atoms with E-state index in [4.69, 9.17) is 9.47 Å². The van der Waals surface area contributed by atoms with Crippen LogP contribution in [-0.4, -0.2) is 23.2 Å². The minimum Gasteiger partial charge on any atom is -0.490 e. The number of ether oxygens (including phenoxy) is 2. The molecular weight excluding hydrogens is 418 g/mol. The quantitative estimate of drug-likeness (QED) is 0.382. The Hall–Kier alpha value is -3.04. The molecule has 0 aliphatic heterocycles. The molecule has 3 rings (SSSR count). The Morgan fingerprint density at radius 3 is 2.79 bits per heavy atom. The largest absolute Gasteiger partial charge is 0.490 e. The third-order valence-electron chi connectivity index (χ3n) is 4.03. The SMILES string of the molecule is C=CCOc1cc(Br)c(C=C(C#N)c2nc3ccc(C)cc3[nH]2)cc1OCC. The second kappa shape index (κ2) is 8.77. The van der Waals surface area contributed by atoms with Crippen LogP contribution in [0.4, 0.5) is 0 Å². The molecule has 0 aliphatic carbocycles. The number of fused-ring (bicyclic) bond motifs is 1. The van der Waals surface area contributed by atoms with E-state index in [2.05, 4.69) is 38.5 Å². The first-order valence-electron chi connectivity index (χ1n) is 8.84. The van der Waals surface area contributed by atoms with Gasteiger partial charge in [-0.1, -0.05) is 34.7 Å². The molecule has 1 N–H and O–H groups in total. The van der Waals surface area contributed by atoms with Crippen molar-refractivity contribution in [2.45, 2.75) is 13.8 Å². The molecule has 5 nitrogen and oxygen atoms in total. The molecule has 3 aromatic rings. The number of hydrogen-bond acceptors (Lipinski definition) is 4. The first-order chi connectivity index (χ1) is 13.5. The topological polar surface area (TPSA) is 70.9 Å². The van der Waals surface area contributed by atoms with Crippen molar-refractivity contribution >= 4 is 38.6 Å². The van der Waals surface area contributed by atoms with E-state index in [1.807, 2.05) is 44.2 Å². The Kier molecular flexibility index (Phi) is 6.17. The lowest BCUT2D eigenvalue weighted by Gasteiger charge is -2.13. The van der Waals surface area contributed by atoms with Gasteiger partial charge in [-0.2, -0.15) is 5.26 Å². The summed E-state index contributed by atoms with van der Waals surface area (Å²) < 4.78 is 12.1. The summed E-state index contributed by atoms with van der Waals surface area (Å²) in [6.45, 7) is 8.47. The number of imidazole rings is 1.